The second-order valence-electron chi connectivity index (χ2n) is 6.09. The molecule has 0 spiro atoms. The molecule has 1 N–H and O–H groups in total. The van der Waals surface area contributed by atoms with E-state index in [1.54, 1.807) is 26.4 Å². The van der Waals surface area contributed by atoms with E-state index in [1.807, 2.05) is 54.6 Å². The number of hydrogen-bond donors (Lipinski definition) is 1. The summed E-state index contributed by atoms with van der Waals surface area (Å²) in [7, 11) is 3.19. The minimum atomic E-state index is -0.179. The van der Waals surface area contributed by atoms with Gasteiger partial charge in [-0.2, -0.15) is 0 Å². The lowest BCUT2D eigenvalue weighted by Crippen LogP contribution is -2.19. The molecule has 6 heteroatoms. The van der Waals surface area contributed by atoms with Crippen molar-refractivity contribution in [1.82, 2.24) is 5.32 Å². The highest BCUT2D eigenvalue weighted by Gasteiger charge is 2.24. The van der Waals surface area contributed by atoms with Crippen molar-refractivity contribution in [2.45, 2.75) is 0 Å². The number of amidine groups is 1. The van der Waals surface area contributed by atoms with Gasteiger partial charge in [0.15, 0.2) is 5.17 Å². The molecule has 3 aromatic carbocycles. The van der Waals surface area contributed by atoms with Crippen molar-refractivity contribution in [3.8, 4) is 11.5 Å². The number of carbonyl (C=O) groups is 1. The molecule has 4 rings (SSSR count). The summed E-state index contributed by atoms with van der Waals surface area (Å²) in [6, 6.07) is 19.5. The molecule has 0 radical (unpaired) electrons. The van der Waals surface area contributed by atoms with Crippen LogP contribution < -0.4 is 14.8 Å². The highest BCUT2D eigenvalue weighted by Crippen LogP contribution is 2.33. The average molecular weight is 390 g/mol. The van der Waals surface area contributed by atoms with Gasteiger partial charge in [0, 0.05) is 17.0 Å². The SMILES string of the molecule is COc1ccc(/C=C2\SC(=Nc3cccc4ccccc34)NC2=O)c(OC)c1. The van der Waals surface area contributed by atoms with Crippen molar-refractivity contribution in [3.05, 3.63) is 71.1 Å². The number of ether oxygens (including phenoxy) is 2. The number of fused-ring (bicyclic) bond motifs is 1. The fourth-order valence-corrected chi connectivity index (χ4v) is 3.80. The Morgan fingerprint density at radius 3 is 2.64 bits per heavy atom. The van der Waals surface area contributed by atoms with Gasteiger partial charge in [-0.1, -0.05) is 36.4 Å². The number of hydrogen-bond acceptors (Lipinski definition) is 5. The second kappa shape index (κ2) is 7.78. The first-order chi connectivity index (χ1) is 13.7. The third kappa shape index (κ3) is 3.59. The molecule has 3 aromatic rings. The predicted octanol–water partition coefficient (Wildman–Crippen LogP) is 4.75. The summed E-state index contributed by atoms with van der Waals surface area (Å²) < 4.78 is 10.6. The molecule has 0 aromatic heterocycles. The van der Waals surface area contributed by atoms with Crippen LogP contribution in [-0.4, -0.2) is 25.3 Å². The van der Waals surface area contributed by atoms with Gasteiger partial charge in [-0.15, -0.1) is 0 Å². The average Bonchev–Trinajstić information content (AvgIpc) is 3.07. The first-order valence-corrected chi connectivity index (χ1v) is 9.49. The molecule has 1 heterocycles. The van der Waals surface area contributed by atoms with Crippen molar-refractivity contribution in [3.63, 3.8) is 0 Å². The van der Waals surface area contributed by atoms with Crippen molar-refractivity contribution in [1.29, 1.82) is 0 Å². The van der Waals surface area contributed by atoms with Gasteiger partial charge in [0.05, 0.1) is 24.8 Å². The first kappa shape index (κ1) is 18.1. The fourth-order valence-electron chi connectivity index (χ4n) is 2.97. The van der Waals surface area contributed by atoms with E-state index >= 15 is 0 Å². The lowest BCUT2D eigenvalue weighted by Gasteiger charge is -2.07. The Kier molecular flexibility index (Phi) is 5.04. The molecule has 0 unspecified atom stereocenters. The number of nitrogens with one attached hydrogen (secondary N) is 1. The van der Waals surface area contributed by atoms with E-state index in [0.29, 0.717) is 21.6 Å². The second-order valence-corrected chi connectivity index (χ2v) is 7.12. The zero-order chi connectivity index (χ0) is 19.5. The van der Waals surface area contributed by atoms with E-state index in [0.717, 1.165) is 22.0 Å². The van der Waals surface area contributed by atoms with Crippen LogP contribution in [-0.2, 0) is 4.79 Å². The fraction of sp³-hybridized carbons (Fsp3) is 0.0909. The molecule has 0 saturated carbocycles. The Labute approximate surface area is 167 Å². The third-order valence-corrected chi connectivity index (χ3v) is 5.28. The van der Waals surface area contributed by atoms with E-state index in [2.05, 4.69) is 10.3 Å². The van der Waals surface area contributed by atoms with Crippen molar-refractivity contribution >= 4 is 45.4 Å². The van der Waals surface area contributed by atoms with Gasteiger partial charge in [0.1, 0.15) is 11.5 Å². The highest BCUT2D eigenvalue weighted by molar-refractivity contribution is 8.18. The number of methoxy groups -OCH3 is 2. The van der Waals surface area contributed by atoms with Gasteiger partial charge in [0.25, 0.3) is 5.91 Å². The summed E-state index contributed by atoms with van der Waals surface area (Å²) in [5, 5.41) is 5.55. The van der Waals surface area contributed by atoms with Crippen LogP contribution in [0.5, 0.6) is 11.5 Å². The number of carbonyl (C=O) groups excluding carboxylic acids is 1. The van der Waals surface area contributed by atoms with E-state index in [-0.39, 0.29) is 5.91 Å². The topological polar surface area (TPSA) is 59.9 Å². The number of rotatable bonds is 4. The van der Waals surface area contributed by atoms with E-state index in [4.69, 9.17) is 9.47 Å². The Balaban J connectivity index is 1.66. The lowest BCUT2D eigenvalue weighted by atomic mass is 10.1. The zero-order valence-electron chi connectivity index (χ0n) is 15.4. The number of aliphatic imine (C=N–C) groups is 1. The van der Waals surface area contributed by atoms with Crippen molar-refractivity contribution in [2.24, 2.45) is 4.99 Å². The molecule has 1 amide bonds. The summed E-state index contributed by atoms with van der Waals surface area (Å²) in [6.45, 7) is 0. The minimum absolute atomic E-state index is 0.179. The van der Waals surface area contributed by atoms with Gasteiger partial charge in [0.2, 0.25) is 0 Å². The van der Waals surface area contributed by atoms with Gasteiger partial charge >= 0.3 is 0 Å². The summed E-state index contributed by atoms with van der Waals surface area (Å²) in [5.74, 6) is 1.15. The van der Waals surface area contributed by atoms with Gasteiger partial charge < -0.3 is 14.8 Å². The predicted molar refractivity (Wildman–Crippen MR) is 114 cm³/mol. The Morgan fingerprint density at radius 2 is 1.82 bits per heavy atom. The molecule has 140 valence electrons. The van der Waals surface area contributed by atoms with E-state index in [1.165, 1.54) is 11.8 Å². The molecular formula is C22H18N2O3S. The van der Waals surface area contributed by atoms with Crippen LogP contribution in [0.1, 0.15) is 5.56 Å². The van der Waals surface area contributed by atoms with Crippen LogP contribution in [0.4, 0.5) is 5.69 Å². The smallest absolute Gasteiger partial charge is 0.264 e. The van der Waals surface area contributed by atoms with E-state index in [9.17, 15) is 4.79 Å². The summed E-state index contributed by atoms with van der Waals surface area (Å²) in [5.41, 5.74) is 1.62. The quantitative estimate of drug-likeness (QED) is 0.653. The van der Waals surface area contributed by atoms with Crippen LogP contribution in [0.3, 0.4) is 0 Å². The van der Waals surface area contributed by atoms with Crippen LogP contribution in [0, 0.1) is 0 Å². The maximum Gasteiger partial charge on any atom is 0.264 e. The lowest BCUT2D eigenvalue weighted by molar-refractivity contribution is -0.115. The van der Waals surface area contributed by atoms with Crippen molar-refractivity contribution in [2.75, 3.05) is 14.2 Å². The third-order valence-electron chi connectivity index (χ3n) is 4.37. The van der Waals surface area contributed by atoms with Crippen LogP contribution in [0.15, 0.2) is 70.6 Å². The van der Waals surface area contributed by atoms with Crippen LogP contribution in [0.25, 0.3) is 16.8 Å². The number of benzene rings is 3. The molecule has 5 nitrogen and oxygen atoms in total. The molecule has 1 aliphatic rings. The molecule has 1 fully saturated rings. The minimum Gasteiger partial charge on any atom is -0.497 e. The molecule has 1 aliphatic heterocycles. The molecule has 28 heavy (non-hydrogen) atoms. The maximum absolute atomic E-state index is 12.4. The summed E-state index contributed by atoms with van der Waals surface area (Å²) in [6.07, 6.45) is 1.80. The monoisotopic (exact) mass is 390 g/mol. The number of nitrogens with zero attached hydrogens (tertiary/aromatic N) is 1. The molecule has 0 atom stereocenters. The molecule has 0 aliphatic carbocycles. The van der Waals surface area contributed by atoms with Crippen LogP contribution in [0.2, 0.25) is 0 Å². The summed E-state index contributed by atoms with van der Waals surface area (Å²) >= 11 is 1.31. The van der Waals surface area contributed by atoms with Gasteiger partial charge in [-0.25, -0.2) is 4.99 Å². The van der Waals surface area contributed by atoms with Gasteiger partial charge in [-0.3, -0.25) is 4.79 Å². The molecular weight excluding hydrogens is 372 g/mol. The van der Waals surface area contributed by atoms with E-state index < -0.39 is 0 Å². The van der Waals surface area contributed by atoms with Gasteiger partial charge in [-0.05, 0) is 41.4 Å². The zero-order valence-corrected chi connectivity index (χ0v) is 16.2. The Bertz CT molecular complexity index is 1120. The number of amides is 1. The molecule has 0 bridgehead atoms. The largest absolute Gasteiger partial charge is 0.497 e. The normalized spacial score (nSPS) is 16.6. The first-order valence-electron chi connectivity index (χ1n) is 8.67. The van der Waals surface area contributed by atoms with Crippen LogP contribution >= 0.6 is 11.8 Å². The Morgan fingerprint density at radius 1 is 1.00 bits per heavy atom. The standard InChI is InChI=1S/C22H18N2O3S/c1-26-16-11-10-15(19(13-16)27-2)12-20-21(25)24-22(28-20)23-18-9-5-7-14-6-3-4-8-17(14)18/h3-13H,1-2H3,(H,23,24,25)/b20-12-. The summed E-state index contributed by atoms with van der Waals surface area (Å²) in [4.78, 5) is 17.6. The Hall–Kier alpha value is -3.25. The molecule has 1 saturated heterocycles. The number of thioether (sulfide) groups is 1. The highest BCUT2D eigenvalue weighted by atomic mass is 32.2. The maximum atomic E-state index is 12.4. The van der Waals surface area contributed by atoms with Crippen molar-refractivity contribution < 1.29 is 14.3 Å².